The molecule has 6 nitrogen and oxygen atoms in total. The Morgan fingerprint density at radius 1 is 1.07 bits per heavy atom. The molecule has 0 unspecified atom stereocenters. The van der Waals surface area contributed by atoms with E-state index in [2.05, 4.69) is 29.2 Å². The van der Waals surface area contributed by atoms with Gasteiger partial charge in [-0.1, -0.05) is 35.9 Å². The zero-order valence-electron chi connectivity index (χ0n) is 15.5. The summed E-state index contributed by atoms with van der Waals surface area (Å²) in [4.78, 5) is 27.6. The first-order valence-electron chi connectivity index (χ1n) is 9.57. The second-order valence-corrected chi connectivity index (χ2v) is 7.84. The molecule has 0 saturated carbocycles. The average Bonchev–Trinajstić information content (AvgIpc) is 2.73. The van der Waals surface area contributed by atoms with Gasteiger partial charge in [-0.05, 0) is 36.5 Å². The molecule has 0 N–H and O–H groups in total. The maximum Gasteiger partial charge on any atom is 0.270 e. The number of nitro benzene ring substituents is 1. The van der Waals surface area contributed by atoms with Crippen LogP contribution in [0.3, 0.4) is 0 Å². The number of likely N-dealkylation sites (tertiary alicyclic amines) is 1. The van der Waals surface area contributed by atoms with Gasteiger partial charge in [0.1, 0.15) is 0 Å². The van der Waals surface area contributed by atoms with Crippen molar-refractivity contribution in [2.24, 2.45) is 0 Å². The lowest BCUT2D eigenvalue weighted by Crippen LogP contribution is -2.48. The van der Waals surface area contributed by atoms with E-state index < -0.39 is 4.92 Å². The Labute approximate surface area is 168 Å². The molecule has 0 bridgehead atoms. The largest absolute Gasteiger partial charge is 0.338 e. The van der Waals surface area contributed by atoms with Gasteiger partial charge in [0.25, 0.3) is 11.6 Å². The summed E-state index contributed by atoms with van der Waals surface area (Å²) in [5.41, 5.74) is 2.93. The number of piperidine rings is 1. The predicted octanol–water partition coefficient (Wildman–Crippen LogP) is 3.91. The predicted molar refractivity (Wildman–Crippen MR) is 108 cm³/mol. The van der Waals surface area contributed by atoms with Crippen LogP contribution in [0, 0.1) is 10.1 Å². The summed E-state index contributed by atoms with van der Waals surface area (Å²) < 4.78 is 0. The molecule has 2 heterocycles. The molecule has 1 saturated heterocycles. The van der Waals surface area contributed by atoms with Crippen LogP contribution in [-0.4, -0.2) is 46.3 Å². The molecular weight excluding hydrogens is 378 g/mol. The Balaban J connectivity index is 1.40. The van der Waals surface area contributed by atoms with Gasteiger partial charge < -0.3 is 4.90 Å². The van der Waals surface area contributed by atoms with Crippen molar-refractivity contribution in [1.29, 1.82) is 0 Å². The second-order valence-electron chi connectivity index (χ2n) is 7.43. The van der Waals surface area contributed by atoms with E-state index in [1.165, 1.54) is 29.3 Å². The number of fused-ring (bicyclic) bond motifs is 1. The highest BCUT2D eigenvalue weighted by molar-refractivity contribution is 6.33. The minimum Gasteiger partial charge on any atom is -0.338 e. The summed E-state index contributed by atoms with van der Waals surface area (Å²) >= 11 is 6.13. The third kappa shape index (κ3) is 3.75. The van der Waals surface area contributed by atoms with Crippen LogP contribution in [0.5, 0.6) is 0 Å². The van der Waals surface area contributed by atoms with Gasteiger partial charge in [-0.3, -0.25) is 19.8 Å². The summed E-state index contributed by atoms with van der Waals surface area (Å²) in [5.74, 6) is -0.226. The third-order valence-electron chi connectivity index (χ3n) is 5.82. The van der Waals surface area contributed by atoms with E-state index in [0.717, 1.165) is 32.4 Å². The van der Waals surface area contributed by atoms with Crippen LogP contribution in [0.4, 0.5) is 5.69 Å². The Kier molecular flexibility index (Phi) is 5.33. The molecule has 146 valence electrons. The molecule has 2 aliphatic heterocycles. The van der Waals surface area contributed by atoms with Crippen LogP contribution in [0.15, 0.2) is 42.5 Å². The van der Waals surface area contributed by atoms with Crippen LogP contribution in [0.2, 0.25) is 5.02 Å². The fourth-order valence-corrected chi connectivity index (χ4v) is 4.42. The maximum atomic E-state index is 12.8. The molecule has 0 radical (unpaired) electrons. The third-order valence-corrected chi connectivity index (χ3v) is 6.15. The van der Waals surface area contributed by atoms with Crippen LogP contribution >= 0.6 is 11.6 Å². The van der Waals surface area contributed by atoms with Gasteiger partial charge in [0.2, 0.25) is 0 Å². The number of non-ortho nitro benzene ring substituents is 1. The Morgan fingerprint density at radius 2 is 1.79 bits per heavy atom. The van der Waals surface area contributed by atoms with Gasteiger partial charge in [0, 0.05) is 44.4 Å². The number of hydrogen-bond acceptors (Lipinski definition) is 4. The minimum atomic E-state index is -0.506. The number of rotatable bonds is 3. The molecule has 2 aliphatic rings. The molecule has 2 aromatic carbocycles. The van der Waals surface area contributed by atoms with E-state index in [1.54, 1.807) is 4.90 Å². The summed E-state index contributed by atoms with van der Waals surface area (Å²) in [6, 6.07) is 13.1. The van der Waals surface area contributed by atoms with E-state index >= 15 is 0 Å². The second kappa shape index (κ2) is 7.89. The average molecular weight is 400 g/mol. The van der Waals surface area contributed by atoms with Crippen molar-refractivity contribution in [2.75, 3.05) is 19.6 Å². The Hall–Kier alpha value is -2.44. The van der Waals surface area contributed by atoms with Crippen molar-refractivity contribution in [2.45, 2.75) is 31.8 Å². The highest BCUT2D eigenvalue weighted by Gasteiger charge is 2.30. The number of nitrogens with zero attached hydrogens (tertiary/aromatic N) is 3. The fraction of sp³-hybridized carbons (Fsp3) is 0.381. The van der Waals surface area contributed by atoms with Crippen molar-refractivity contribution < 1.29 is 9.72 Å². The lowest BCUT2D eigenvalue weighted by atomic mass is 9.95. The monoisotopic (exact) mass is 399 g/mol. The van der Waals surface area contributed by atoms with Crippen LogP contribution in [-0.2, 0) is 13.0 Å². The lowest BCUT2D eigenvalue weighted by Gasteiger charge is -2.40. The van der Waals surface area contributed by atoms with Crippen molar-refractivity contribution in [1.82, 2.24) is 9.80 Å². The van der Waals surface area contributed by atoms with E-state index in [1.807, 2.05) is 0 Å². The molecule has 7 heteroatoms. The topological polar surface area (TPSA) is 66.7 Å². The van der Waals surface area contributed by atoms with Gasteiger partial charge in [-0.2, -0.15) is 0 Å². The Morgan fingerprint density at radius 3 is 2.50 bits per heavy atom. The van der Waals surface area contributed by atoms with Crippen molar-refractivity contribution >= 4 is 23.2 Å². The number of carbonyl (C=O) groups excluding carboxylic acids is 1. The molecule has 0 aliphatic carbocycles. The quantitative estimate of drug-likeness (QED) is 0.579. The van der Waals surface area contributed by atoms with Crippen molar-refractivity contribution in [3.63, 3.8) is 0 Å². The highest BCUT2D eigenvalue weighted by Crippen LogP contribution is 2.28. The zero-order valence-corrected chi connectivity index (χ0v) is 16.3. The maximum absolute atomic E-state index is 12.8. The first-order chi connectivity index (χ1) is 13.5. The number of benzene rings is 2. The van der Waals surface area contributed by atoms with E-state index in [-0.39, 0.29) is 22.2 Å². The molecule has 0 aromatic heterocycles. The number of carbonyl (C=O) groups is 1. The first-order valence-corrected chi connectivity index (χ1v) is 9.95. The number of halogens is 1. The van der Waals surface area contributed by atoms with Crippen molar-refractivity contribution in [3.8, 4) is 0 Å². The Bertz CT molecular complexity index is 910. The van der Waals surface area contributed by atoms with E-state index in [0.29, 0.717) is 19.1 Å². The number of amides is 1. The molecular formula is C21H22ClN3O3. The van der Waals surface area contributed by atoms with Gasteiger partial charge in [0.05, 0.1) is 15.5 Å². The summed E-state index contributed by atoms with van der Waals surface area (Å²) in [6.45, 7) is 3.29. The highest BCUT2D eigenvalue weighted by atomic mass is 35.5. The molecule has 1 amide bonds. The zero-order chi connectivity index (χ0) is 19.7. The van der Waals surface area contributed by atoms with E-state index in [9.17, 15) is 14.9 Å². The lowest BCUT2D eigenvalue weighted by molar-refractivity contribution is -0.384. The molecule has 28 heavy (non-hydrogen) atoms. The minimum absolute atomic E-state index is 0.116. The molecule has 2 aromatic rings. The SMILES string of the molecule is O=C(c1cc([N+](=O)[O-])ccc1Cl)N1CCC(N2CCc3ccccc3C2)CC1. The van der Waals surface area contributed by atoms with E-state index in [4.69, 9.17) is 11.6 Å². The van der Waals surface area contributed by atoms with Gasteiger partial charge >= 0.3 is 0 Å². The normalized spacial score (nSPS) is 18.0. The van der Waals surface area contributed by atoms with Gasteiger partial charge in [0.15, 0.2) is 0 Å². The first kappa shape index (κ1) is 18.9. The van der Waals surface area contributed by atoms with Crippen LogP contribution in [0.1, 0.15) is 34.3 Å². The van der Waals surface area contributed by atoms with Gasteiger partial charge in [-0.15, -0.1) is 0 Å². The number of nitro groups is 1. The van der Waals surface area contributed by atoms with Crippen LogP contribution < -0.4 is 0 Å². The summed E-state index contributed by atoms with van der Waals surface area (Å²) in [5, 5.41) is 11.3. The molecule has 0 atom stereocenters. The number of hydrogen-bond donors (Lipinski definition) is 0. The molecule has 4 rings (SSSR count). The molecule has 1 fully saturated rings. The van der Waals surface area contributed by atoms with Crippen molar-refractivity contribution in [3.05, 3.63) is 74.3 Å². The summed E-state index contributed by atoms with van der Waals surface area (Å²) in [7, 11) is 0. The van der Waals surface area contributed by atoms with Crippen LogP contribution in [0.25, 0.3) is 0 Å². The molecule has 0 spiro atoms. The summed E-state index contributed by atoms with van der Waals surface area (Å²) in [6.07, 6.45) is 2.87. The van der Waals surface area contributed by atoms with Gasteiger partial charge in [-0.25, -0.2) is 0 Å². The smallest absolute Gasteiger partial charge is 0.270 e. The fourth-order valence-electron chi connectivity index (χ4n) is 4.22. The standard InChI is InChI=1S/C21H22ClN3O3/c22-20-6-5-18(25(27)28)13-19(20)21(26)23-11-8-17(9-12-23)24-10-7-15-3-1-2-4-16(15)14-24/h1-6,13,17H,7-12,14H2.